The van der Waals surface area contributed by atoms with Crippen molar-refractivity contribution in [3.8, 4) is 0 Å². The van der Waals surface area contributed by atoms with Gasteiger partial charge in [-0.2, -0.15) is 5.10 Å². The van der Waals surface area contributed by atoms with Crippen LogP contribution < -0.4 is 20.5 Å². The molecule has 14 heteroatoms. The standard InChI is InChI=1S/C21H24ClF2N5O5S/c22-18-17(10-25-27-20(18)30)29-9-8-14(11-29)34-21(31)26-12-4-6-13(7-5-12)28-35(32,33)19-15(23)2-1-3-16(19)24/h1-3,10,12-14,28H,4-9,11H2,(H,26,31)(H,27,30)/t12?,13?,14-/m1/s1. The van der Waals surface area contributed by atoms with E-state index in [1.807, 2.05) is 4.90 Å². The quantitative estimate of drug-likeness (QED) is 0.521. The zero-order chi connectivity index (χ0) is 25.2. The Labute approximate surface area is 205 Å². The second-order valence-corrected chi connectivity index (χ2v) is 10.6. The van der Waals surface area contributed by atoms with Crippen molar-refractivity contribution in [2.75, 3.05) is 18.0 Å². The topological polar surface area (TPSA) is 133 Å². The fourth-order valence-corrected chi connectivity index (χ4v) is 6.02. The summed E-state index contributed by atoms with van der Waals surface area (Å²) in [6.07, 6.45) is 2.70. The number of aromatic amines is 1. The van der Waals surface area contributed by atoms with Crippen LogP contribution in [0.3, 0.4) is 0 Å². The first-order valence-corrected chi connectivity index (χ1v) is 12.9. The Morgan fingerprint density at radius 1 is 1.14 bits per heavy atom. The Bertz CT molecular complexity index is 1230. The number of amides is 1. The molecule has 1 amide bonds. The summed E-state index contributed by atoms with van der Waals surface area (Å²) in [6, 6.07) is 2.14. The summed E-state index contributed by atoms with van der Waals surface area (Å²) in [5, 5.41) is 8.80. The fourth-order valence-electron chi connectivity index (χ4n) is 4.36. The van der Waals surface area contributed by atoms with Gasteiger partial charge >= 0.3 is 6.09 Å². The summed E-state index contributed by atoms with van der Waals surface area (Å²) in [7, 11) is -4.36. The lowest BCUT2D eigenvalue weighted by atomic mass is 9.92. The smallest absolute Gasteiger partial charge is 0.407 e. The molecule has 1 saturated carbocycles. The molecule has 4 rings (SSSR count). The molecule has 3 N–H and O–H groups in total. The predicted molar refractivity (Wildman–Crippen MR) is 123 cm³/mol. The lowest BCUT2D eigenvalue weighted by Gasteiger charge is -2.29. The van der Waals surface area contributed by atoms with Gasteiger partial charge in [-0.1, -0.05) is 17.7 Å². The zero-order valence-electron chi connectivity index (χ0n) is 18.5. The number of rotatable bonds is 6. The molecule has 1 aromatic heterocycles. The molecule has 1 aromatic carbocycles. The van der Waals surface area contributed by atoms with E-state index in [9.17, 15) is 26.8 Å². The number of anilines is 1. The normalized spacial score (nSPS) is 22.7. The Morgan fingerprint density at radius 3 is 2.49 bits per heavy atom. The zero-order valence-corrected chi connectivity index (χ0v) is 20.0. The van der Waals surface area contributed by atoms with Crippen molar-refractivity contribution in [1.82, 2.24) is 20.2 Å². The molecule has 2 heterocycles. The van der Waals surface area contributed by atoms with Gasteiger partial charge in [-0.3, -0.25) is 4.79 Å². The van der Waals surface area contributed by atoms with Crippen LogP contribution >= 0.6 is 11.6 Å². The number of nitrogens with zero attached hydrogens (tertiary/aromatic N) is 2. The van der Waals surface area contributed by atoms with Crippen LogP contribution in [0.4, 0.5) is 19.3 Å². The predicted octanol–water partition coefficient (Wildman–Crippen LogP) is 2.30. The van der Waals surface area contributed by atoms with Gasteiger partial charge in [-0.05, 0) is 37.8 Å². The highest BCUT2D eigenvalue weighted by molar-refractivity contribution is 7.89. The minimum absolute atomic E-state index is 0.0234. The van der Waals surface area contributed by atoms with Gasteiger partial charge in [-0.15, -0.1) is 0 Å². The number of carbonyl (C=O) groups is 1. The van der Waals surface area contributed by atoms with Crippen molar-refractivity contribution in [3.05, 3.63) is 51.4 Å². The van der Waals surface area contributed by atoms with E-state index in [1.165, 1.54) is 6.20 Å². The van der Waals surface area contributed by atoms with Gasteiger partial charge in [-0.25, -0.2) is 31.8 Å². The number of alkyl carbamates (subject to hydrolysis) is 1. The van der Waals surface area contributed by atoms with Gasteiger partial charge in [0.2, 0.25) is 10.0 Å². The van der Waals surface area contributed by atoms with Gasteiger partial charge in [0.25, 0.3) is 5.56 Å². The first-order chi connectivity index (χ1) is 16.6. The highest BCUT2D eigenvalue weighted by Crippen LogP contribution is 2.26. The number of ether oxygens (including phenoxy) is 1. The maximum Gasteiger partial charge on any atom is 0.407 e. The maximum absolute atomic E-state index is 13.9. The van der Waals surface area contributed by atoms with Crippen LogP contribution in [0.15, 0.2) is 34.1 Å². The van der Waals surface area contributed by atoms with Crippen molar-refractivity contribution in [1.29, 1.82) is 0 Å². The monoisotopic (exact) mass is 531 g/mol. The van der Waals surface area contributed by atoms with Crippen LogP contribution in [0.25, 0.3) is 0 Å². The summed E-state index contributed by atoms with van der Waals surface area (Å²) in [6.45, 7) is 0.899. The number of aromatic nitrogens is 2. The first-order valence-electron chi connectivity index (χ1n) is 11.1. The average molecular weight is 532 g/mol. The summed E-state index contributed by atoms with van der Waals surface area (Å²) >= 11 is 6.03. The molecule has 2 aromatic rings. The number of H-pyrrole nitrogens is 1. The van der Waals surface area contributed by atoms with Gasteiger partial charge in [0, 0.05) is 25.0 Å². The number of benzene rings is 1. The van der Waals surface area contributed by atoms with Crippen molar-refractivity contribution in [2.45, 2.75) is 55.2 Å². The molecule has 1 aliphatic heterocycles. The fraction of sp³-hybridized carbons (Fsp3) is 0.476. The van der Waals surface area contributed by atoms with E-state index >= 15 is 0 Å². The second-order valence-electron chi connectivity index (χ2n) is 8.53. The molecule has 10 nitrogen and oxygen atoms in total. The van der Waals surface area contributed by atoms with E-state index in [1.54, 1.807) is 0 Å². The maximum atomic E-state index is 13.9. The summed E-state index contributed by atoms with van der Waals surface area (Å²) in [4.78, 5) is 24.8. The van der Waals surface area contributed by atoms with Crippen LogP contribution in [0.5, 0.6) is 0 Å². The van der Waals surface area contributed by atoms with Crippen molar-refractivity contribution in [2.24, 2.45) is 0 Å². The van der Waals surface area contributed by atoms with Gasteiger partial charge in [0.1, 0.15) is 22.8 Å². The van der Waals surface area contributed by atoms with E-state index in [0.717, 1.165) is 18.2 Å². The Kier molecular flexibility index (Phi) is 7.57. The molecule has 2 fully saturated rings. The van der Waals surface area contributed by atoms with E-state index < -0.39 is 50.4 Å². The molecule has 0 radical (unpaired) electrons. The molecule has 1 atom stereocenters. The van der Waals surface area contributed by atoms with Crippen molar-refractivity contribution < 1.29 is 26.7 Å². The summed E-state index contributed by atoms with van der Waals surface area (Å²) in [5.74, 6) is -2.31. The van der Waals surface area contributed by atoms with Crippen LogP contribution in [-0.4, -0.2) is 56.0 Å². The molecule has 0 unspecified atom stereocenters. The molecule has 35 heavy (non-hydrogen) atoms. The van der Waals surface area contributed by atoms with Gasteiger partial charge < -0.3 is 15.0 Å². The Balaban J connectivity index is 1.24. The number of hydrogen-bond acceptors (Lipinski definition) is 7. The van der Waals surface area contributed by atoms with E-state index in [4.69, 9.17) is 16.3 Å². The third kappa shape index (κ3) is 5.90. The first kappa shape index (κ1) is 25.3. The van der Waals surface area contributed by atoms with Gasteiger partial charge in [0.05, 0.1) is 18.4 Å². The third-order valence-corrected chi connectivity index (χ3v) is 8.03. The minimum Gasteiger partial charge on any atom is -0.444 e. The molecule has 0 bridgehead atoms. The highest BCUT2D eigenvalue weighted by atomic mass is 35.5. The Morgan fingerprint density at radius 2 is 1.80 bits per heavy atom. The molecular weight excluding hydrogens is 508 g/mol. The van der Waals surface area contributed by atoms with E-state index in [0.29, 0.717) is 50.9 Å². The summed E-state index contributed by atoms with van der Waals surface area (Å²) in [5.41, 5.74) is -0.0267. The second kappa shape index (κ2) is 10.5. The molecule has 2 aliphatic rings. The molecule has 0 spiro atoms. The Hall–Kier alpha value is -2.77. The van der Waals surface area contributed by atoms with Crippen LogP contribution in [0.1, 0.15) is 32.1 Å². The lowest BCUT2D eigenvalue weighted by molar-refractivity contribution is 0.102. The SMILES string of the molecule is O=C(NC1CCC(NS(=O)(=O)c2c(F)cccc2F)CC1)O[C@@H]1CCN(c2cn[nH]c(=O)c2Cl)C1. The molecule has 1 saturated heterocycles. The molecule has 190 valence electrons. The van der Waals surface area contributed by atoms with Crippen molar-refractivity contribution in [3.63, 3.8) is 0 Å². The van der Waals surface area contributed by atoms with Gasteiger partial charge in [0.15, 0.2) is 4.90 Å². The highest BCUT2D eigenvalue weighted by Gasteiger charge is 2.32. The number of halogens is 3. The number of carbonyl (C=O) groups excluding carboxylic acids is 1. The lowest BCUT2D eigenvalue weighted by Crippen LogP contribution is -2.44. The van der Waals surface area contributed by atoms with Crippen molar-refractivity contribution >= 4 is 33.4 Å². The number of nitrogens with one attached hydrogen (secondary N) is 3. The van der Waals surface area contributed by atoms with Crippen LogP contribution in [0, 0.1) is 11.6 Å². The largest absolute Gasteiger partial charge is 0.444 e. The number of hydrogen-bond donors (Lipinski definition) is 3. The van der Waals surface area contributed by atoms with Crippen LogP contribution in [-0.2, 0) is 14.8 Å². The van der Waals surface area contributed by atoms with Crippen LogP contribution in [0.2, 0.25) is 5.02 Å². The number of sulfonamides is 1. The third-order valence-electron chi connectivity index (χ3n) is 6.10. The average Bonchev–Trinajstić information content (AvgIpc) is 3.24. The van der Waals surface area contributed by atoms with E-state index in [-0.39, 0.29) is 11.1 Å². The molecular formula is C21H24ClF2N5O5S. The molecule has 1 aliphatic carbocycles. The minimum atomic E-state index is -4.36. The summed E-state index contributed by atoms with van der Waals surface area (Å²) < 4.78 is 60.5. The van der Waals surface area contributed by atoms with E-state index in [2.05, 4.69) is 20.2 Å².